The molecular weight excluding hydrogens is 200 g/mol. The van der Waals surface area contributed by atoms with E-state index in [1.54, 1.807) is 18.2 Å². The topological polar surface area (TPSA) is 35.2 Å². The molecule has 15 heavy (non-hydrogen) atoms. The predicted octanol–water partition coefficient (Wildman–Crippen LogP) is 2.31. The monoisotopic (exact) mass is 211 g/mol. The average Bonchev–Trinajstić information content (AvgIpc) is 2.18. The quantitative estimate of drug-likeness (QED) is 0.775. The Balaban J connectivity index is 2.91. The maximum Gasteiger partial charge on any atom is 0.387 e. The van der Waals surface area contributed by atoms with E-state index in [1.807, 2.05) is 0 Å². The minimum atomic E-state index is -2.86. The first kappa shape index (κ1) is 11.5. The van der Waals surface area contributed by atoms with Gasteiger partial charge in [0, 0.05) is 18.0 Å². The van der Waals surface area contributed by atoms with E-state index in [9.17, 15) is 8.78 Å². The molecule has 0 saturated carbocycles. The molecule has 0 heterocycles. The number of ether oxygens (including phenoxy) is 1. The van der Waals surface area contributed by atoms with E-state index < -0.39 is 12.7 Å². The molecule has 0 aliphatic heterocycles. The van der Waals surface area contributed by atoms with E-state index in [1.165, 1.54) is 6.07 Å². The summed E-state index contributed by atoms with van der Waals surface area (Å²) < 4.78 is 28.4. The lowest BCUT2D eigenvalue weighted by atomic mass is 10.0. The van der Waals surface area contributed by atoms with Gasteiger partial charge in [-0.3, -0.25) is 0 Å². The molecule has 0 aliphatic carbocycles. The van der Waals surface area contributed by atoms with E-state index in [2.05, 4.69) is 10.7 Å². The Morgan fingerprint density at radius 1 is 1.40 bits per heavy atom. The highest BCUT2D eigenvalue weighted by Gasteiger charge is 2.13. The zero-order chi connectivity index (χ0) is 11.3. The van der Waals surface area contributed by atoms with Crippen LogP contribution in [-0.4, -0.2) is 6.61 Å². The molecule has 2 nitrogen and oxygen atoms in total. The Hall–Kier alpha value is -1.60. The zero-order valence-corrected chi connectivity index (χ0v) is 7.99. The van der Waals surface area contributed by atoms with E-state index in [-0.39, 0.29) is 12.2 Å². The van der Waals surface area contributed by atoms with Gasteiger partial charge in [-0.2, -0.15) is 8.78 Å². The van der Waals surface area contributed by atoms with Crippen molar-refractivity contribution in [2.75, 3.05) is 0 Å². The molecule has 0 aliphatic rings. The number of nitrogens with two attached hydrogens (primary N) is 1. The molecule has 1 unspecified atom stereocenters. The number of alkyl halides is 2. The van der Waals surface area contributed by atoms with Crippen LogP contribution in [0, 0.1) is 12.3 Å². The Morgan fingerprint density at radius 3 is 2.67 bits per heavy atom. The molecule has 1 aromatic carbocycles. The van der Waals surface area contributed by atoms with Crippen molar-refractivity contribution in [2.45, 2.75) is 19.1 Å². The summed E-state index contributed by atoms with van der Waals surface area (Å²) in [5.74, 6) is 2.46. The number of rotatable bonds is 4. The minimum absolute atomic E-state index is 0.0789. The van der Waals surface area contributed by atoms with Gasteiger partial charge in [-0.1, -0.05) is 18.2 Å². The first-order valence-corrected chi connectivity index (χ1v) is 4.38. The van der Waals surface area contributed by atoms with Crippen molar-refractivity contribution in [3.05, 3.63) is 29.8 Å². The number of para-hydroxylation sites is 1. The molecule has 0 spiro atoms. The summed E-state index contributed by atoms with van der Waals surface area (Å²) in [4.78, 5) is 0. The Labute approximate surface area is 87.0 Å². The number of benzene rings is 1. The number of hydrogen-bond acceptors (Lipinski definition) is 2. The van der Waals surface area contributed by atoms with Crippen molar-refractivity contribution in [1.82, 2.24) is 0 Å². The van der Waals surface area contributed by atoms with Crippen molar-refractivity contribution in [3.8, 4) is 18.1 Å². The third kappa shape index (κ3) is 3.22. The smallest absolute Gasteiger partial charge is 0.387 e. The highest BCUT2D eigenvalue weighted by Crippen LogP contribution is 2.26. The van der Waals surface area contributed by atoms with Gasteiger partial charge < -0.3 is 10.5 Å². The summed E-state index contributed by atoms with van der Waals surface area (Å²) in [5, 5.41) is 0. The second-order valence-electron chi connectivity index (χ2n) is 2.93. The summed E-state index contributed by atoms with van der Waals surface area (Å²) in [6.45, 7) is -2.86. The molecule has 2 N–H and O–H groups in total. The van der Waals surface area contributed by atoms with Crippen molar-refractivity contribution in [2.24, 2.45) is 5.73 Å². The minimum Gasteiger partial charge on any atom is -0.434 e. The first-order valence-electron chi connectivity index (χ1n) is 4.38. The van der Waals surface area contributed by atoms with Crippen LogP contribution in [0.15, 0.2) is 24.3 Å². The standard InChI is InChI=1S/C11H11F2NO/c1-2-5-9(14)8-6-3-4-7-10(8)15-11(12)13/h1,3-4,6-7,9,11H,5,14H2. The van der Waals surface area contributed by atoms with Gasteiger partial charge in [0.15, 0.2) is 0 Å². The van der Waals surface area contributed by atoms with Gasteiger partial charge in [-0.25, -0.2) is 0 Å². The van der Waals surface area contributed by atoms with Gasteiger partial charge in [0.25, 0.3) is 0 Å². The summed E-state index contributed by atoms with van der Waals surface area (Å²) >= 11 is 0. The molecule has 80 valence electrons. The van der Waals surface area contributed by atoms with Gasteiger partial charge >= 0.3 is 6.61 Å². The third-order valence-electron chi connectivity index (χ3n) is 1.87. The molecule has 0 bridgehead atoms. The lowest BCUT2D eigenvalue weighted by molar-refractivity contribution is -0.0506. The van der Waals surface area contributed by atoms with Crippen molar-refractivity contribution in [1.29, 1.82) is 0 Å². The summed E-state index contributed by atoms with van der Waals surface area (Å²) in [5.41, 5.74) is 6.21. The van der Waals surface area contributed by atoms with E-state index in [0.717, 1.165) is 0 Å². The molecule has 0 amide bonds. The van der Waals surface area contributed by atoms with E-state index in [0.29, 0.717) is 5.56 Å². The molecule has 0 aromatic heterocycles. The maximum atomic E-state index is 12.0. The third-order valence-corrected chi connectivity index (χ3v) is 1.87. The summed E-state index contributed by atoms with van der Waals surface area (Å²) in [6, 6.07) is 5.88. The van der Waals surface area contributed by atoms with Gasteiger partial charge in [-0.15, -0.1) is 12.3 Å². The summed E-state index contributed by atoms with van der Waals surface area (Å²) in [7, 11) is 0. The molecule has 1 rings (SSSR count). The average molecular weight is 211 g/mol. The van der Waals surface area contributed by atoms with Crippen molar-refractivity contribution in [3.63, 3.8) is 0 Å². The highest BCUT2D eigenvalue weighted by atomic mass is 19.3. The van der Waals surface area contributed by atoms with E-state index >= 15 is 0 Å². The highest BCUT2D eigenvalue weighted by molar-refractivity contribution is 5.36. The van der Waals surface area contributed by atoms with E-state index in [4.69, 9.17) is 12.2 Å². The molecule has 1 aromatic rings. The van der Waals surface area contributed by atoms with Gasteiger partial charge in [-0.05, 0) is 6.07 Å². The van der Waals surface area contributed by atoms with Crippen LogP contribution in [0.25, 0.3) is 0 Å². The molecular formula is C11H11F2NO. The fraction of sp³-hybridized carbons (Fsp3) is 0.273. The number of terminal acetylenes is 1. The number of hydrogen-bond donors (Lipinski definition) is 1. The van der Waals surface area contributed by atoms with Gasteiger partial charge in [0.2, 0.25) is 0 Å². The maximum absolute atomic E-state index is 12.0. The van der Waals surface area contributed by atoms with Crippen LogP contribution in [0.5, 0.6) is 5.75 Å². The summed E-state index contributed by atoms with van der Waals surface area (Å²) in [6.07, 6.45) is 5.38. The van der Waals surface area contributed by atoms with Crippen LogP contribution in [-0.2, 0) is 0 Å². The SMILES string of the molecule is C#CCC(N)c1ccccc1OC(F)F. The fourth-order valence-corrected chi connectivity index (χ4v) is 1.23. The number of halogens is 2. The van der Waals surface area contributed by atoms with Crippen LogP contribution < -0.4 is 10.5 Å². The molecule has 0 saturated heterocycles. The van der Waals surface area contributed by atoms with Crippen LogP contribution in [0.1, 0.15) is 18.0 Å². The second kappa shape index (κ2) is 5.32. The van der Waals surface area contributed by atoms with Crippen molar-refractivity contribution < 1.29 is 13.5 Å². The predicted molar refractivity (Wildman–Crippen MR) is 53.5 cm³/mol. The van der Waals surface area contributed by atoms with Crippen molar-refractivity contribution >= 4 is 0 Å². The normalized spacial score (nSPS) is 12.2. The lowest BCUT2D eigenvalue weighted by Crippen LogP contribution is -2.12. The molecule has 0 radical (unpaired) electrons. The van der Waals surface area contributed by atoms with Crippen LogP contribution >= 0.6 is 0 Å². The largest absolute Gasteiger partial charge is 0.434 e. The Morgan fingerprint density at radius 2 is 2.07 bits per heavy atom. The molecule has 1 atom stereocenters. The Bertz CT molecular complexity index is 360. The first-order chi connectivity index (χ1) is 7.15. The Kier molecular flexibility index (Phi) is 4.07. The van der Waals surface area contributed by atoms with Crippen LogP contribution in [0.3, 0.4) is 0 Å². The van der Waals surface area contributed by atoms with Gasteiger partial charge in [0.05, 0.1) is 0 Å². The molecule has 0 fully saturated rings. The van der Waals surface area contributed by atoms with Gasteiger partial charge in [0.1, 0.15) is 5.75 Å². The van der Waals surface area contributed by atoms with Crippen LogP contribution in [0.4, 0.5) is 8.78 Å². The fourth-order valence-electron chi connectivity index (χ4n) is 1.23. The second-order valence-corrected chi connectivity index (χ2v) is 2.93. The lowest BCUT2D eigenvalue weighted by Gasteiger charge is -2.14. The molecule has 4 heteroatoms. The zero-order valence-electron chi connectivity index (χ0n) is 7.99. The van der Waals surface area contributed by atoms with Crippen LogP contribution in [0.2, 0.25) is 0 Å².